The van der Waals surface area contributed by atoms with Gasteiger partial charge in [-0.25, -0.2) is 4.79 Å². The molecule has 0 fully saturated rings. The van der Waals surface area contributed by atoms with Gasteiger partial charge in [-0.3, -0.25) is 0 Å². The van der Waals surface area contributed by atoms with Crippen molar-refractivity contribution in [3.05, 3.63) is 23.7 Å². The minimum Gasteiger partial charge on any atom is -0.464 e. The summed E-state index contributed by atoms with van der Waals surface area (Å²) in [6.07, 6.45) is 0.944. The van der Waals surface area contributed by atoms with Crippen molar-refractivity contribution in [2.75, 3.05) is 13.6 Å². The molecule has 0 aliphatic carbocycles. The van der Waals surface area contributed by atoms with E-state index in [0.717, 1.165) is 17.9 Å². The van der Waals surface area contributed by atoms with Crippen molar-refractivity contribution < 1.29 is 9.21 Å². The summed E-state index contributed by atoms with van der Waals surface area (Å²) in [6.45, 7) is 5.13. The molecular weight excluding hydrogens is 192 g/mol. The van der Waals surface area contributed by atoms with Crippen molar-refractivity contribution in [2.24, 2.45) is 0 Å². The van der Waals surface area contributed by atoms with Gasteiger partial charge in [-0.15, -0.1) is 0 Å². The molecule has 0 aliphatic rings. The van der Waals surface area contributed by atoms with E-state index >= 15 is 0 Å². The summed E-state index contributed by atoms with van der Waals surface area (Å²) >= 11 is 0. The number of furan rings is 1. The third kappa shape index (κ3) is 3.65. The average Bonchev–Trinajstić information content (AvgIpc) is 2.60. The van der Waals surface area contributed by atoms with Gasteiger partial charge in [0.05, 0.1) is 6.54 Å². The fourth-order valence-electron chi connectivity index (χ4n) is 1.24. The lowest BCUT2D eigenvalue weighted by molar-refractivity contribution is 0.203. The minimum absolute atomic E-state index is 0.0640. The molecule has 84 valence electrons. The van der Waals surface area contributed by atoms with E-state index in [2.05, 4.69) is 5.32 Å². The summed E-state index contributed by atoms with van der Waals surface area (Å²) in [6, 6.07) is 3.72. The van der Waals surface area contributed by atoms with E-state index in [1.165, 1.54) is 0 Å². The predicted molar refractivity (Wildman–Crippen MR) is 58.6 cm³/mol. The van der Waals surface area contributed by atoms with Crippen LogP contribution in [0.5, 0.6) is 0 Å². The highest BCUT2D eigenvalue weighted by Crippen LogP contribution is 2.08. The highest BCUT2D eigenvalue weighted by atomic mass is 16.3. The maximum atomic E-state index is 11.5. The first-order chi connectivity index (χ1) is 7.13. The summed E-state index contributed by atoms with van der Waals surface area (Å²) in [7, 11) is 1.75. The van der Waals surface area contributed by atoms with Crippen LogP contribution in [0.15, 0.2) is 16.5 Å². The van der Waals surface area contributed by atoms with Gasteiger partial charge in [-0.1, -0.05) is 6.92 Å². The molecule has 0 atom stereocenters. The first kappa shape index (κ1) is 11.6. The number of nitrogens with one attached hydrogen (secondary N) is 1. The van der Waals surface area contributed by atoms with Gasteiger partial charge in [0, 0.05) is 13.6 Å². The molecule has 15 heavy (non-hydrogen) atoms. The van der Waals surface area contributed by atoms with E-state index in [0.29, 0.717) is 13.1 Å². The van der Waals surface area contributed by atoms with Crippen LogP contribution in [-0.4, -0.2) is 24.5 Å². The standard InChI is InChI=1S/C11H18N2O2/c1-4-7-12-11(14)13(3)8-10-6-5-9(2)15-10/h5-6H,4,7-8H2,1-3H3,(H,12,14). The maximum absolute atomic E-state index is 11.5. The number of rotatable bonds is 4. The Balaban J connectivity index is 2.41. The molecule has 1 rings (SSSR count). The molecule has 1 aromatic heterocycles. The van der Waals surface area contributed by atoms with Crippen LogP contribution in [0, 0.1) is 6.92 Å². The zero-order valence-corrected chi connectivity index (χ0v) is 9.54. The summed E-state index contributed by atoms with van der Waals surface area (Å²) in [5.74, 6) is 1.68. The molecule has 0 saturated carbocycles. The first-order valence-corrected chi connectivity index (χ1v) is 5.17. The molecule has 4 heteroatoms. The zero-order chi connectivity index (χ0) is 11.3. The monoisotopic (exact) mass is 210 g/mol. The molecule has 0 bridgehead atoms. The van der Waals surface area contributed by atoms with Gasteiger partial charge in [0.1, 0.15) is 11.5 Å². The van der Waals surface area contributed by atoms with E-state index in [-0.39, 0.29) is 6.03 Å². The number of aryl methyl sites for hydroxylation is 1. The SMILES string of the molecule is CCCNC(=O)N(C)Cc1ccc(C)o1. The third-order valence-electron chi connectivity index (χ3n) is 2.06. The Morgan fingerprint density at radius 1 is 1.53 bits per heavy atom. The molecule has 0 radical (unpaired) electrons. The minimum atomic E-state index is -0.0640. The Labute approximate surface area is 90.3 Å². The Morgan fingerprint density at radius 3 is 2.80 bits per heavy atom. The van der Waals surface area contributed by atoms with Gasteiger partial charge in [-0.05, 0) is 25.5 Å². The molecule has 1 heterocycles. The van der Waals surface area contributed by atoms with Crippen molar-refractivity contribution in [1.29, 1.82) is 0 Å². The molecule has 0 unspecified atom stereocenters. The average molecular weight is 210 g/mol. The van der Waals surface area contributed by atoms with E-state index in [4.69, 9.17) is 4.42 Å². The second-order valence-corrected chi connectivity index (χ2v) is 3.60. The Morgan fingerprint density at radius 2 is 2.27 bits per heavy atom. The van der Waals surface area contributed by atoms with Crippen LogP contribution in [0.1, 0.15) is 24.9 Å². The lowest BCUT2D eigenvalue weighted by atomic mass is 10.4. The molecule has 1 aromatic rings. The quantitative estimate of drug-likeness (QED) is 0.827. The van der Waals surface area contributed by atoms with Crippen LogP contribution >= 0.6 is 0 Å². The van der Waals surface area contributed by atoms with Crippen LogP contribution in [0.4, 0.5) is 4.79 Å². The smallest absolute Gasteiger partial charge is 0.317 e. The second-order valence-electron chi connectivity index (χ2n) is 3.60. The van der Waals surface area contributed by atoms with Gasteiger partial charge in [0.25, 0.3) is 0 Å². The molecule has 0 spiro atoms. The molecule has 2 amide bonds. The highest BCUT2D eigenvalue weighted by molar-refractivity contribution is 5.73. The zero-order valence-electron chi connectivity index (χ0n) is 9.54. The Bertz CT molecular complexity index is 320. The number of amides is 2. The van der Waals surface area contributed by atoms with Crippen LogP contribution in [0.25, 0.3) is 0 Å². The number of urea groups is 1. The van der Waals surface area contributed by atoms with Gasteiger partial charge in [0.15, 0.2) is 0 Å². The van der Waals surface area contributed by atoms with Crippen LogP contribution < -0.4 is 5.32 Å². The first-order valence-electron chi connectivity index (χ1n) is 5.17. The maximum Gasteiger partial charge on any atom is 0.317 e. The number of carbonyl (C=O) groups excluding carboxylic acids is 1. The van der Waals surface area contributed by atoms with Gasteiger partial charge >= 0.3 is 6.03 Å². The number of hydrogen-bond donors (Lipinski definition) is 1. The summed E-state index contributed by atoms with van der Waals surface area (Å²) in [4.78, 5) is 13.1. The molecule has 1 N–H and O–H groups in total. The topological polar surface area (TPSA) is 45.5 Å². The lowest BCUT2D eigenvalue weighted by Crippen LogP contribution is -2.37. The number of hydrogen-bond acceptors (Lipinski definition) is 2. The van der Waals surface area contributed by atoms with Crippen LogP contribution in [0.3, 0.4) is 0 Å². The molecule has 0 saturated heterocycles. The summed E-state index contributed by atoms with van der Waals surface area (Å²) in [5, 5.41) is 2.80. The van der Waals surface area contributed by atoms with E-state index in [1.807, 2.05) is 26.0 Å². The summed E-state index contributed by atoms with van der Waals surface area (Å²) in [5.41, 5.74) is 0. The van der Waals surface area contributed by atoms with E-state index in [1.54, 1.807) is 11.9 Å². The Hall–Kier alpha value is -1.45. The van der Waals surface area contributed by atoms with Crippen molar-refractivity contribution >= 4 is 6.03 Å². The van der Waals surface area contributed by atoms with Crippen LogP contribution in [0.2, 0.25) is 0 Å². The van der Waals surface area contributed by atoms with Gasteiger partial charge < -0.3 is 14.6 Å². The molecule has 0 aliphatic heterocycles. The normalized spacial score (nSPS) is 10.1. The lowest BCUT2D eigenvalue weighted by Gasteiger charge is -2.16. The van der Waals surface area contributed by atoms with Crippen molar-refractivity contribution in [2.45, 2.75) is 26.8 Å². The Kier molecular flexibility index (Phi) is 4.21. The van der Waals surface area contributed by atoms with E-state index < -0.39 is 0 Å². The summed E-state index contributed by atoms with van der Waals surface area (Å²) < 4.78 is 5.39. The second kappa shape index (κ2) is 5.44. The van der Waals surface area contributed by atoms with Crippen molar-refractivity contribution in [3.63, 3.8) is 0 Å². The molecule has 0 aromatic carbocycles. The number of carbonyl (C=O) groups is 1. The van der Waals surface area contributed by atoms with Crippen molar-refractivity contribution in [1.82, 2.24) is 10.2 Å². The highest BCUT2D eigenvalue weighted by Gasteiger charge is 2.09. The van der Waals surface area contributed by atoms with Crippen LogP contribution in [-0.2, 0) is 6.54 Å². The molecular formula is C11H18N2O2. The third-order valence-corrected chi connectivity index (χ3v) is 2.06. The van der Waals surface area contributed by atoms with Crippen molar-refractivity contribution in [3.8, 4) is 0 Å². The number of nitrogens with zero attached hydrogens (tertiary/aromatic N) is 1. The largest absolute Gasteiger partial charge is 0.464 e. The fraction of sp³-hybridized carbons (Fsp3) is 0.545. The fourth-order valence-corrected chi connectivity index (χ4v) is 1.24. The van der Waals surface area contributed by atoms with Gasteiger partial charge in [-0.2, -0.15) is 0 Å². The van der Waals surface area contributed by atoms with Gasteiger partial charge in [0.2, 0.25) is 0 Å². The predicted octanol–water partition coefficient (Wildman–Crippen LogP) is 2.14. The molecule has 4 nitrogen and oxygen atoms in total. The van der Waals surface area contributed by atoms with E-state index in [9.17, 15) is 4.79 Å².